The molecule has 2 atom stereocenters. The Morgan fingerprint density at radius 2 is 2.00 bits per heavy atom. The third-order valence-electron chi connectivity index (χ3n) is 4.15. The van der Waals surface area contributed by atoms with Crippen LogP contribution in [0.2, 0.25) is 0 Å². The molecule has 5 heteroatoms. The van der Waals surface area contributed by atoms with Crippen molar-refractivity contribution >= 4 is 11.9 Å². The molecule has 3 N–H and O–H groups in total. The fraction of sp³-hybridized carbons (Fsp3) is 0.875. The number of nitrogens with zero attached hydrogens (tertiary/aromatic N) is 1. The van der Waals surface area contributed by atoms with Crippen molar-refractivity contribution in [1.29, 1.82) is 0 Å². The van der Waals surface area contributed by atoms with Gasteiger partial charge in [-0.3, -0.25) is 9.79 Å². The summed E-state index contributed by atoms with van der Waals surface area (Å²) in [7, 11) is 1.78. The molecule has 1 aliphatic rings. The van der Waals surface area contributed by atoms with E-state index in [2.05, 4.69) is 27.9 Å². The highest BCUT2D eigenvalue weighted by atomic mass is 16.2. The summed E-state index contributed by atoms with van der Waals surface area (Å²) in [5.41, 5.74) is -0.451. The molecule has 1 rings (SSSR count). The largest absolute Gasteiger partial charge is 0.356 e. The van der Waals surface area contributed by atoms with Gasteiger partial charge >= 0.3 is 0 Å². The smallest absolute Gasteiger partial charge is 0.227 e. The normalized spacial score (nSPS) is 23.6. The van der Waals surface area contributed by atoms with Gasteiger partial charge in [0.15, 0.2) is 5.96 Å². The fourth-order valence-electron chi connectivity index (χ4n) is 2.74. The van der Waals surface area contributed by atoms with Gasteiger partial charge in [-0.1, -0.05) is 19.8 Å². The third kappa shape index (κ3) is 5.94. The average molecular weight is 296 g/mol. The van der Waals surface area contributed by atoms with Crippen molar-refractivity contribution in [2.24, 2.45) is 16.3 Å². The van der Waals surface area contributed by atoms with E-state index in [0.29, 0.717) is 19.1 Å². The molecule has 0 aliphatic heterocycles. The predicted molar refractivity (Wildman–Crippen MR) is 88.4 cm³/mol. The van der Waals surface area contributed by atoms with Crippen LogP contribution < -0.4 is 16.0 Å². The highest BCUT2D eigenvalue weighted by Gasteiger charge is 2.27. The first-order chi connectivity index (χ1) is 9.89. The van der Waals surface area contributed by atoms with Crippen molar-refractivity contribution in [3.05, 3.63) is 0 Å². The first-order valence-electron chi connectivity index (χ1n) is 8.14. The summed E-state index contributed by atoms with van der Waals surface area (Å²) in [4.78, 5) is 16.3. The van der Waals surface area contributed by atoms with Gasteiger partial charge in [0.05, 0.1) is 5.41 Å². The van der Waals surface area contributed by atoms with Crippen molar-refractivity contribution in [2.75, 3.05) is 20.1 Å². The van der Waals surface area contributed by atoms with E-state index in [1.807, 2.05) is 20.8 Å². The van der Waals surface area contributed by atoms with Crippen molar-refractivity contribution in [3.63, 3.8) is 0 Å². The van der Waals surface area contributed by atoms with Crippen molar-refractivity contribution in [2.45, 2.75) is 59.4 Å². The van der Waals surface area contributed by atoms with Crippen molar-refractivity contribution in [3.8, 4) is 0 Å². The molecule has 1 saturated carbocycles. The Morgan fingerprint density at radius 3 is 2.57 bits per heavy atom. The minimum absolute atomic E-state index is 0.0687. The molecule has 1 amide bonds. The maximum atomic E-state index is 12.0. The summed E-state index contributed by atoms with van der Waals surface area (Å²) < 4.78 is 0. The fourth-order valence-corrected chi connectivity index (χ4v) is 2.74. The summed E-state index contributed by atoms with van der Waals surface area (Å²) >= 11 is 0. The summed E-state index contributed by atoms with van der Waals surface area (Å²) in [6, 6.07) is 0.493. The zero-order valence-corrected chi connectivity index (χ0v) is 14.3. The number of carbonyl (C=O) groups excluding carboxylic acids is 1. The monoisotopic (exact) mass is 296 g/mol. The van der Waals surface area contributed by atoms with Crippen LogP contribution in [-0.2, 0) is 4.79 Å². The van der Waals surface area contributed by atoms with Crippen LogP contribution in [0.5, 0.6) is 0 Å². The molecule has 21 heavy (non-hydrogen) atoms. The Kier molecular flexibility index (Phi) is 6.99. The Hall–Kier alpha value is -1.26. The molecule has 0 aromatic heterocycles. The van der Waals surface area contributed by atoms with E-state index in [9.17, 15) is 4.79 Å². The third-order valence-corrected chi connectivity index (χ3v) is 4.15. The average Bonchev–Trinajstić information content (AvgIpc) is 2.43. The number of carbonyl (C=O) groups is 1. The van der Waals surface area contributed by atoms with E-state index in [0.717, 1.165) is 11.9 Å². The zero-order chi connectivity index (χ0) is 15.9. The Morgan fingerprint density at radius 1 is 1.29 bits per heavy atom. The second kappa shape index (κ2) is 8.25. The second-order valence-electron chi connectivity index (χ2n) is 6.78. The quantitative estimate of drug-likeness (QED) is 0.536. The van der Waals surface area contributed by atoms with Gasteiger partial charge < -0.3 is 16.0 Å². The van der Waals surface area contributed by atoms with Crippen LogP contribution in [0, 0.1) is 11.3 Å². The van der Waals surface area contributed by atoms with Crippen LogP contribution in [0.15, 0.2) is 4.99 Å². The van der Waals surface area contributed by atoms with Crippen LogP contribution in [-0.4, -0.2) is 38.0 Å². The lowest BCUT2D eigenvalue weighted by Crippen LogP contribution is -2.50. The topological polar surface area (TPSA) is 65.5 Å². The molecule has 0 saturated heterocycles. The number of rotatable bonds is 5. The van der Waals surface area contributed by atoms with E-state index < -0.39 is 5.41 Å². The molecule has 0 radical (unpaired) electrons. The molecule has 1 aliphatic carbocycles. The number of hydrogen-bond donors (Lipinski definition) is 3. The molecule has 0 bridgehead atoms. The highest BCUT2D eigenvalue weighted by Crippen LogP contribution is 2.23. The van der Waals surface area contributed by atoms with Gasteiger partial charge in [-0.2, -0.15) is 0 Å². The first kappa shape index (κ1) is 17.8. The van der Waals surface area contributed by atoms with Gasteiger partial charge in [0.1, 0.15) is 0 Å². The van der Waals surface area contributed by atoms with E-state index in [4.69, 9.17) is 0 Å². The maximum absolute atomic E-state index is 12.0. The number of aliphatic imine (C=N–C) groups is 1. The number of amides is 1. The summed E-state index contributed by atoms with van der Waals surface area (Å²) in [6.07, 6.45) is 5.00. The molecule has 0 spiro atoms. The lowest BCUT2D eigenvalue weighted by Gasteiger charge is -2.30. The Balaban J connectivity index is 2.45. The van der Waals surface area contributed by atoms with Crippen LogP contribution in [0.1, 0.15) is 53.4 Å². The molecule has 122 valence electrons. The van der Waals surface area contributed by atoms with Crippen molar-refractivity contribution in [1.82, 2.24) is 16.0 Å². The van der Waals surface area contributed by atoms with Crippen LogP contribution in [0.4, 0.5) is 0 Å². The molecule has 0 aromatic carbocycles. The second-order valence-corrected chi connectivity index (χ2v) is 6.78. The Bertz CT molecular complexity index is 365. The lowest BCUT2D eigenvalue weighted by atomic mass is 9.87. The summed E-state index contributed by atoms with van der Waals surface area (Å²) in [6.45, 7) is 9.37. The number of hydrogen-bond acceptors (Lipinski definition) is 2. The van der Waals surface area contributed by atoms with Gasteiger partial charge in [0.2, 0.25) is 5.91 Å². The minimum Gasteiger partial charge on any atom is -0.356 e. The molecule has 2 unspecified atom stereocenters. The van der Waals surface area contributed by atoms with Gasteiger partial charge in [-0.15, -0.1) is 0 Å². The molecular weight excluding hydrogens is 264 g/mol. The minimum atomic E-state index is -0.451. The molecule has 1 fully saturated rings. The van der Waals surface area contributed by atoms with Gasteiger partial charge in [-0.05, 0) is 39.5 Å². The van der Waals surface area contributed by atoms with Gasteiger partial charge in [0, 0.05) is 26.2 Å². The SMILES string of the molecule is CCNC(=O)C(C)(C)CNC(=NC)NC1CCCC(C)C1. The molecule has 5 nitrogen and oxygen atoms in total. The molecule has 0 aromatic rings. The number of guanidine groups is 1. The zero-order valence-electron chi connectivity index (χ0n) is 14.3. The predicted octanol–water partition coefficient (Wildman–Crippen LogP) is 1.89. The first-order valence-corrected chi connectivity index (χ1v) is 8.14. The van der Waals surface area contributed by atoms with E-state index >= 15 is 0 Å². The van der Waals surface area contributed by atoms with Gasteiger partial charge in [-0.25, -0.2) is 0 Å². The van der Waals surface area contributed by atoms with E-state index in [1.165, 1.54) is 25.7 Å². The van der Waals surface area contributed by atoms with Crippen molar-refractivity contribution < 1.29 is 4.79 Å². The van der Waals surface area contributed by atoms with E-state index in [1.54, 1.807) is 7.05 Å². The summed E-state index contributed by atoms with van der Waals surface area (Å²) in [5.74, 6) is 1.65. The van der Waals surface area contributed by atoms with E-state index in [-0.39, 0.29) is 5.91 Å². The molecule has 0 heterocycles. The van der Waals surface area contributed by atoms with Crippen LogP contribution in [0.25, 0.3) is 0 Å². The summed E-state index contributed by atoms with van der Waals surface area (Å²) in [5, 5.41) is 9.65. The number of nitrogens with one attached hydrogen (secondary N) is 3. The Labute approximate surface area is 129 Å². The lowest BCUT2D eigenvalue weighted by molar-refractivity contribution is -0.128. The maximum Gasteiger partial charge on any atom is 0.227 e. The van der Waals surface area contributed by atoms with Crippen LogP contribution in [0.3, 0.4) is 0 Å². The molecular formula is C16H32N4O. The van der Waals surface area contributed by atoms with Gasteiger partial charge in [0.25, 0.3) is 0 Å². The standard InChI is InChI=1S/C16H32N4O/c1-6-18-14(21)16(3,4)11-19-15(17-5)20-13-9-7-8-12(2)10-13/h12-13H,6-11H2,1-5H3,(H,18,21)(H2,17,19,20). The highest BCUT2D eigenvalue weighted by molar-refractivity contribution is 5.84. The van der Waals surface area contributed by atoms with Crippen LogP contribution >= 0.6 is 0 Å².